The first-order valence-electron chi connectivity index (χ1n) is 9.62. The minimum absolute atomic E-state index is 0.347. The lowest BCUT2D eigenvalue weighted by Gasteiger charge is -2.22. The number of methoxy groups -OCH3 is 4. The Balaban J connectivity index is 2.00. The van der Waals surface area contributed by atoms with Gasteiger partial charge in [-0.15, -0.1) is 0 Å². The van der Waals surface area contributed by atoms with Gasteiger partial charge in [-0.1, -0.05) is 36.9 Å². The molecule has 0 aliphatic carbocycles. The van der Waals surface area contributed by atoms with Gasteiger partial charge in [0.2, 0.25) is 11.5 Å². The summed E-state index contributed by atoms with van der Waals surface area (Å²) in [6, 6.07) is 18.0. The molecule has 0 saturated heterocycles. The smallest absolute Gasteiger partial charge is 0.493 e. The van der Waals surface area contributed by atoms with E-state index in [2.05, 4.69) is 6.58 Å². The van der Waals surface area contributed by atoms with E-state index in [4.69, 9.17) is 32.5 Å². The van der Waals surface area contributed by atoms with Crippen molar-refractivity contribution in [1.29, 1.82) is 0 Å². The third kappa shape index (κ3) is 5.37. The van der Waals surface area contributed by atoms with Gasteiger partial charge in [0.05, 0.1) is 28.4 Å². The molecule has 168 valence electrons. The molecule has 3 aromatic rings. The molecule has 7 nitrogen and oxygen atoms in total. The van der Waals surface area contributed by atoms with Crippen LogP contribution in [-0.2, 0) is 0 Å². The fraction of sp³-hybridized carbons (Fsp3) is 0.167. The van der Waals surface area contributed by atoms with Crippen LogP contribution >= 0.6 is 8.60 Å². The zero-order chi connectivity index (χ0) is 22.9. The molecule has 0 fully saturated rings. The monoisotopic (exact) mass is 456 g/mol. The molecule has 0 heterocycles. The second kappa shape index (κ2) is 11.2. The van der Waals surface area contributed by atoms with Gasteiger partial charge in [-0.2, -0.15) is 0 Å². The van der Waals surface area contributed by atoms with Crippen LogP contribution in [0.2, 0.25) is 0 Å². The number of hydrogen-bond donors (Lipinski definition) is 0. The van der Waals surface area contributed by atoms with E-state index in [0.717, 1.165) is 5.56 Å². The summed E-state index contributed by atoms with van der Waals surface area (Å²) in [5.74, 6) is 3.12. The third-order valence-corrected chi connectivity index (χ3v) is 5.42. The van der Waals surface area contributed by atoms with E-state index in [1.807, 2.05) is 12.1 Å². The van der Waals surface area contributed by atoms with E-state index >= 15 is 0 Å². The molecule has 0 atom stereocenters. The zero-order valence-corrected chi connectivity index (χ0v) is 19.3. The fourth-order valence-electron chi connectivity index (χ4n) is 2.77. The summed E-state index contributed by atoms with van der Waals surface area (Å²) >= 11 is 0. The van der Waals surface area contributed by atoms with E-state index in [9.17, 15) is 0 Å². The standard InChI is InChI=1S/C24H25O7P/c1-6-17-13-15-18(16-14-17)29-32(30-23-19(25-2)9-7-10-20(23)26-3)31-24-21(27-4)11-8-12-22(24)28-5/h6-16H,1H2,2-5H3. The normalized spacial score (nSPS) is 10.3. The molecular weight excluding hydrogens is 431 g/mol. The predicted molar refractivity (Wildman–Crippen MR) is 124 cm³/mol. The predicted octanol–water partition coefficient (Wildman–Crippen LogP) is 6.13. The second-order valence-electron chi connectivity index (χ2n) is 6.25. The summed E-state index contributed by atoms with van der Waals surface area (Å²) in [6.07, 6.45) is 1.75. The molecular formula is C24H25O7P. The van der Waals surface area contributed by atoms with Crippen molar-refractivity contribution in [1.82, 2.24) is 0 Å². The van der Waals surface area contributed by atoms with Gasteiger partial charge in [-0.25, -0.2) is 0 Å². The van der Waals surface area contributed by atoms with Crippen molar-refractivity contribution >= 4 is 14.7 Å². The third-order valence-electron chi connectivity index (χ3n) is 4.39. The average Bonchev–Trinajstić information content (AvgIpc) is 2.84. The molecule has 0 aliphatic rings. The quantitative estimate of drug-likeness (QED) is 0.322. The SMILES string of the molecule is C=Cc1ccc(OP(Oc2c(OC)cccc2OC)Oc2c(OC)cccc2OC)cc1. The van der Waals surface area contributed by atoms with Gasteiger partial charge >= 0.3 is 8.60 Å². The molecule has 3 aromatic carbocycles. The Morgan fingerprint density at radius 1 is 0.594 bits per heavy atom. The highest BCUT2D eigenvalue weighted by atomic mass is 31.2. The topological polar surface area (TPSA) is 64.6 Å². The maximum atomic E-state index is 6.16. The highest BCUT2D eigenvalue weighted by Gasteiger charge is 2.27. The molecule has 0 unspecified atom stereocenters. The van der Waals surface area contributed by atoms with E-state index in [1.165, 1.54) is 0 Å². The Labute approximate surface area is 189 Å². The largest absolute Gasteiger partial charge is 0.530 e. The van der Waals surface area contributed by atoms with Gasteiger partial charge in [0.15, 0.2) is 23.0 Å². The summed E-state index contributed by atoms with van der Waals surface area (Å²) in [5.41, 5.74) is 0.960. The molecule has 0 spiro atoms. The zero-order valence-electron chi connectivity index (χ0n) is 18.4. The van der Waals surface area contributed by atoms with E-state index < -0.39 is 8.60 Å². The number of hydrogen-bond acceptors (Lipinski definition) is 7. The lowest BCUT2D eigenvalue weighted by atomic mass is 10.2. The minimum atomic E-state index is -2.04. The minimum Gasteiger partial charge on any atom is -0.493 e. The van der Waals surface area contributed by atoms with Gasteiger partial charge < -0.3 is 32.5 Å². The van der Waals surface area contributed by atoms with Crippen LogP contribution < -0.4 is 32.5 Å². The average molecular weight is 456 g/mol. The van der Waals surface area contributed by atoms with Crippen molar-refractivity contribution in [2.24, 2.45) is 0 Å². The molecule has 0 radical (unpaired) electrons. The molecule has 32 heavy (non-hydrogen) atoms. The van der Waals surface area contributed by atoms with E-state index in [-0.39, 0.29) is 0 Å². The molecule has 0 aliphatic heterocycles. The van der Waals surface area contributed by atoms with Crippen LogP contribution in [0.15, 0.2) is 67.2 Å². The summed E-state index contributed by atoms with van der Waals surface area (Å²) < 4.78 is 40.2. The Morgan fingerprint density at radius 3 is 1.34 bits per heavy atom. The summed E-state index contributed by atoms with van der Waals surface area (Å²) in [5, 5.41) is 0. The molecule has 0 bridgehead atoms. The van der Waals surface area contributed by atoms with Gasteiger partial charge in [0.1, 0.15) is 5.75 Å². The molecule has 3 rings (SSSR count). The lowest BCUT2D eigenvalue weighted by Crippen LogP contribution is -2.06. The maximum absolute atomic E-state index is 6.16. The van der Waals surface area contributed by atoms with Crippen molar-refractivity contribution in [3.63, 3.8) is 0 Å². The summed E-state index contributed by atoms with van der Waals surface area (Å²) in [7, 11) is 4.14. The van der Waals surface area contributed by atoms with E-state index in [0.29, 0.717) is 40.2 Å². The Morgan fingerprint density at radius 2 is 1.00 bits per heavy atom. The maximum Gasteiger partial charge on any atom is 0.530 e. The molecule has 0 N–H and O–H groups in total. The lowest BCUT2D eigenvalue weighted by molar-refractivity contribution is 0.320. The Kier molecular flexibility index (Phi) is 8.06. The number of para-hydroxylation sites is 2. The second-order valence-corrected chi connectivity index (χ2v) is 7.25. The van der Waals surface area contributed by atoms with Gasteiger partial charge in [-0.05, 0) is 42.0 Å². The first-order valence-corrected chi connectivity index (χ1v) is 10.7. The van der Waals surface area contributed by atoms with Gasteiger partial charge in [-0.3, -0.25) is 0 Å². The summed E-state index contributed by atoms with van der Waals surface area (Å²) in [6.45, 7) is 3.77. The number of benzene rings is 3. The fourth-order valence-corrected chi connectivity index (χ4v) is 3.83. The van der Waals surface area contributed by atoms with Crippen molar-refractivity contribution in [2.75, 3.05) is 28.4 Å². The van der Waals surface area contributed by atoms with Crippen molar-refractivity contribution in [3.05, 3.63) is 72.8 Å². The van der Waals surface area contributed by atoms with Crippen molar-refractivity contribution < 1.29 is 32.5 Å². The molecule has 8 heteroatoms. The highest BCUT2D eigenvalue weighted by molar-refractivity contribution is 7.43. The van der Waals surface area contributed by atoms with Crippen LogP contribution in [0, 0.1) is 0 Å². The first kappa shape index (κ1) is 23.1. The molecule has 0 aromatic heterocycles. The van der Waals surface area contributed by atoms with Crippen LogP contribution in [0.25, 0.3) is 6.08 Å². The van der Waals surface area contributed by atoms with Crippen LogP contribution in [0.5, 0.6) is 40.2 Å². The molecule has 0 saturated carbocycles. The first-order chi connectivity index (χ1) is 15.6. The Bertz CT molecular complexity index is 935. The van der Waals surface area contributed by atoms with Crippen molar-refractivity contribution in [3.8, 4) is 40.2 Å². The van der Waals surface area contributed by atoms with Crippen LogP contribution in [0.3, 0.4) is 0 Å². The highest BCUT2D eigenvalue weighted by Crippen LogP contribution is 2.51. The van der Waals surface area contributed by atoms with Crippen LogP contribution in [0.1, 0.15) is 5.56 Å². The summed E-state index contributed by atoms with van der Waals surface area (Å²) in [4.78, 5) is 0. The van der Waals surface area contributed by atoms with Gasteiger partial charge in [0.25, 0.3) is 0 Å². The van der Waals surface area contributed by atoms with Crippen LogP contribution in [-0.4, -0.2) is 28.4 Å². The number of rotatable bonds is 11. The Hall–Kier alpha value is -3.57. The van der Waals surface area contributed by atoms with E-state index in [1.54, 1.807) is 83.0 Å². The number of ether oxygens (including phenoxy) is 4. The van der Waals surface area contributed by atoms with Crippen LogP contribution in [0.4, 0.5) is 0 Å². The van der Waals surface area contributed by atoms with Crippen molar-refractivity contribution in [2.45, 2.75) is 0 Å². The molecule has 0 amide bonds. The van der Waals surface area contributed by atoms with Gasteiger partial charge in [0, 0.05) is 0 Å².